The van der Waals surface area contributed by atoms with E-state index in [4.69, 9.17) is 13.7 Å². The minimum absolute atomic E-state index is 0. The van der Waals surface area contributed by atoms with Gasteiger partial charge in [-0.15, -0.1) is 5.06 Å². The van der Waals surface area contributed by atoms with Crippen LogP contribution in [0.5, 0.6) is 0 Å². The van der Waals surface area contributed by atoms with Gasteiger partial charge in [0.25, 0.3) is 5.91 Å². The summed E-state index contributed by atoms with van der Waals surface area (Å²) in [6, 6.07) is 0. The van der Waals surface area contributed by atoms with Crippen molar-refractivity contribution in [1.29, 1.82) is 0 Å². The topological polar surface area (TPSA) is 91.5 Å². The molecule has 0 radical (unpaired) electrons. The quantitative estimate of drug-likeness (QED) is 0.490. The van der Waals surface area contributed by atoms with Gasteiger partial charge < -0.3 is 10.8 Å². The van der Waals surface area contributed by atoms with E-state index in [0.717, 1.165) is 6.54 Å². The van der Waals surface area contributed by atoms with E-state index in [1.165, 1.54) is 5.06 Å². The lowest BCUT2D eigenvalue weighted by molar-refractivity contribution is -0.283. The Morgan fingerprint density at radius 1 is 1.50 bits per heavy atom. The first kappa shape index (κ1) is 8.58. The van der Waals surface area contributed by atoms with Gasteiger partial charge in [0.05, 0.1) is 6.54 Å². The molecular formula is C4H9N2O5P. The highest BCUT2D eigenvalue weighted by molar-refractivity contribution is 7.50. The third-order valence-corrected chi connectivity index (χ3v) is 3.34. The Hall–Kier alpha value is -0.0100. The molecule has 0 saturated carbocycles. The second kappa shape index (κ2) is 2.27. The van der Waals surface area contributed by atoms with Gasteiger partial charge in [-0.3, -0.25) is 0 Å². The van der Waals surface area contributed by atoms with Crippen molar-refractivity contribution in [1.82, 2.24) is 10.4 Å². The van der Waals surface area contributed by atoms with E-state index in [-0.39, 0.29) is 5.48 Å². The zero-order valence-electron chi connectivity index (χ0n) is 6.15. The molecule has 4 rings (SSSR count). The Labute approximate surface area is 68.5 Å². The van der Waals surface area contributed by atoms with Crippen LogP contribution < -0.4 is 5.32 Å². The molecule has 0 aromatic heterocycles. The first-order chi connectivity index (χ1) is 5.23. The molecule has 0 amide bonds. The molecule has 12 heavy (non-hydrogen) atoms. The van der Waals surface area contributed by atoms with E-state index in [9.17, 15) is 4.57 Å². The fourth-order valence-electron chi connectivity index (χ4n) is 1.45. The number of hydrogen-bond acceptors (Lipinski definition) is 6. The number of phosphoric ester groups is 1. The van der Waals surface area contributed by atoms with Crippen LogP contribution in [0.15, 0.2) is 0 Å². The molecule has 1 spiro atoms. The van der Waals surface area contributed by atoms with Gasteiger partial charge in [0, 0.05) is 13.1 Å². The maximum absolute atomic E-state index is 11.1. The first-order valence-electron chi connectivity index (χ1n) is 3.42. The Balaban J connectivity index is 0.000000563. The van der Waals surface area contributed by atoms with Gasteiger partial charge in [-0.1, -0.05) is 0 Å². The van der Waals surface area contributed by atoms with E-state index < -0.39 is 13.7 Å². The summed E-state index contributed by atoms with van der Waals surface area (Å²) in [6.45, 7) is 1.95. The molecule has 4 fully saturated rings. The van der Waals surface area contributed by atoms with Crippen LogP contribution in [0.4, 0.5) is 0 Å². The SMILES string of the molecule is O.O=P12ON3CCNCC3(O1)O2. The van der Waals surface area contributed by atoms with Gasteiger partial charge in [0.15, 0.2) is 0 Å². The third-order valence-electron chi connectivity index (χ3n) is 1.93. The number of nitrogens with one attached hydrogen (secondary N) is 1. The third kappa shape index (κ3) is 0.841. The highest BCUT2D eigenvalue weighted by Crippen LogP contribution is 2.73. The van der Waals surface area contributed by atoms with E-state index in [1.807, 2.05) is 0 Å². The molecule has 7 nitrogen and oxygen atoms in total. The van der Waals surface area contributed by atoms with Crippen LogP contribution >= 0.6 is 7.82 Å². The van der Waals surface area contributed by atoms with Gasteiger partial charge in [0.1, 0.15) is 0 Å². The van der Waals surface area contributed by atoms with Crippen molar-refractivity contribution in [3.05, 3.63) is 0 Å². The number of hydroxylamine groups is 2. The number of piperazine rings is 1. The minimum Gasteiger partial charge on any atom is -0.412 e. The predicted octanol–water partition coefficient (Wildman–Crippen LogP) is -1.18. The van der Waals surface area contributed by atoms with E-state index in [1.54, 1.807) is 0 Å². The van der Waals surface area contributed by atoms with Gasteiger partial charge >= 0.3 is 7.82 Å². The molecule has 4 heterocycles. The standard InChI is InChI=1S/C4H7N2O4P.H2O/c7-11-8-4(9-11)3-5-1-2-6(4)10-11;/h5H,1-3H2;1H2. The predicted molar refractivity (Wildman–Crippen MR) is 36.8 cm³/mol. The van der Waals surface area contributed by atoms with Crippen LogP contribution in [0.3, 0.4) is 0 Å². The van der Waals surface area contributed by atoms with Crippen LogP contribution in [0.1, 0.15) is 0 Å². The van der Waals surface area contributed by atoms with Crippen molar-refractivity contribution in [2.75, 3.05) is 19.6 Å². The molecule has 8 heteroatoms. The Bertz CT molecular complexity index is 240. The second-order valence-corrected chi connectivity index (χ2v) is 4.13. The molecule has 4 saturated heterocycles. The minimum atomic E-state index is -3.13. The molecule has 0 unspecified atom stereocenters. The summed E-state index contributed by atoms with van der Waals surface area (Å²) in [4.78, 5) is 0. The molecule has 0 aliphatic carbocycles. The van der Waals surface area contributed by atoms with Crippen molar-refractivity contribution in [3.63, 3.8) is 0 Å². The van der Waals surface area contributed by atoms with Crippen LogP contribution in [0.2, 0.25) is 0 Å². The molecular weight excluding hydrogens is 187 g/mol. The molecule has 4 aliphatic rings. The Morgan fingerprint density at radius 2 is 2.25 bits per heavy atom. The second-order valence-electron chi connectivity index (χ2n) is 2.70. The fourth-order valence-corrected chi connectivity index (χ4v) is 2.99. The van der Waals surface area contributed by atoms with Crippen LogP contribution in [0.25, 0.3) is 0 Å². The molecule has 4 aliphatic heterocycles. The fraction of sp³-hybridized carbons (Fsp3) is 1.00. The first-order valence-corrected chi connectivity index (χ1v) is 4.88. The van der Waals surface area contributed by atoms with Gasteiger partial charge in [0.2, 0.25) is 0 Å². The van der Waals surface area contributed by atoms with E-state index in [0.29, 0.717) is 13.1 Å². The Morgan fingerprint density at radius 3 is 2.92 bits per heavy atom. The lowest BCUT2D eigenvalue weighted by atomic mass is 10.3. The zero-order chi connectivity index (χ0) is 7.53. The maximum atomic E-state index is 11.1. The normalized spacial score (nSPS) is 50.7. The molecule has 3 N–H and O–H groups in total. The summed E-state index contributed by atoms with van der Waals surface area (Å²) in [5.74, 6) is -0.867. The van der Waals surface area contributed by atoms with Crippen molar-refractivity contribution in [2.24, 2.45) is 0 Å². The zero-order valence-corrected chi connectivity index (χ0v) is 7.04. The summed E-state index contributed by atoms with van der Waals surface area (Å²) in [6.07, 6.45) is 0. The van der Waals surface area contributed by atoms with Gasteiger partial charge in [-0.05, 0) is 0 Å². The van der Waals surface area contributed by atoms with Crippen molar-refractivity contribution < 1.29 is 23.7 Å². The van der Waals surface area contributed by atoms with Crippen molar-refractivity contribution in [2.45, 2.75) is 5.91 Å². The van der Waals surface area contributed by atoms with Crippen LogP contribution in [0, 0.1) is 0 Å². The average molecular weight is 196 g/mol. The molecule has 0 atom stereocenters. The summed E-state index contributed by atoms with van der Waals surface area (Å²) in [5, 5.41) is 4.56. The average Bonchev–Trinajstić information content (AvgIpc) is 2.33. The van der Waals surface area contributed by atoms with Crippen LogP contribution in [-0.4, -0.2) is 36.1 Å². The smallest absolute Gasteiger partial charge is 0.412 e. The number of phosphoric acid groups is 1. The summed E-state index contributed by atoms with van der Waals surface area (Å²) in [7, 11) is -3.13. The van der Waals surface area contributed by atoms with E-state index in [2.05, 4.69) is 5.32 Å². The number of nitrogens with zero attached hydrogens (tertiary/aromatic N) is 1. The van der Waals surface area contributed by atoms with Crippen LogP contribution in [-0.2, 0) is 18.2 Å². The highest BCUT2D eigenvalue weighted by atomic mass is 31.2. The lowest BCUT2D eigenvalue weighted by Crippen LogP contribution is -2.60. The Kier molecular flexibility index (Phi) is 1.62. The monoisotopic (exact) mass is 196 g/mol. The maximum Gasteiger partial charge on any atom is 0.499 e. The summed E-state index contributed by atoms with van der Waals surface area (Å²) in [5.41, 5.74) is 0. The van der Waals surface area contributed by atoms with E-state index >= 15 is 0 Å². The highest BCUT2D eigenvalue weighted by Gasteiger charge is 2.71. The number of hydrogen-bond donors (Lipinski definition) is 1. The molecule has 2 bridgehead atoms. The molecule has 0 aromatic carbocycles. The molecule has 70 valence electrons. The number of rotatable bonds is 0. The van der Waals surface area contributed by atoms with Gasteiger partial charge in [-0.25, -0.2) is 13.6 Å². The summed E-state index contributed by atoms with van der Waals surface area (Å²) < 4.78 is 26.0. The van der Waals surface area contributed by atoms with Crippen molar-refractivity contribution in [3.8, 4) is 0 Å². The van der Waals surface area contributed by atoms with Gasteiger partial charge in [-0.2, -0.15) is 4.62 Å². The largest absolute Gasteiger partial charge is 0.499 e. The van der Waals surface area contributed by atoms with Crippen molar-refractivity contribution >= 4 is 7.82 Å². The molecule has 0 aromatic rings. The summed E-state index contributed by atoms with van der Waals surface area (Å²) >= 11 is 0. The lowest BCUT2D eigenvalue weighted by Gasteiger charge is -2.38.